The predicted octanol–water partition coefficient (Wildman–Crippen LogP) is 2.28. The summed E-state index contributed by atoms with van der Waals surface area (Å²) in [6.45, 7) is 0. The van der Waals surface area contributed by atoms with Crippen molar-refractivity contribution in [1.29, 1.82) is 0 Å². The summed E-state index contributed by atoms with van der Waals surface area (Å²) in [5, 5.41) is 13.2. The van der Waals surface area contributed by atoms with E-state index < -0.39 is 0 Å². The Balaban J connectivity index is 1.77. The molecule has 0 saturated heterocycles. The number of aromatic nitrogens is 3. The van der Waals surface area contributed by atoms with Gasteiger partial charge in [0.15, 0.2) is 0 Å². The molecule has 0 bridgehead atoms. The minimum atomic E-state index is -0.353. The number of rotatable bonds is 3. The van der Waals surface area contributed by atoms with Gasteiger partial charge in [-0.25, -0.2) is 4.39 Å². The zero-order valence-electron chi connectivity index (χ0n) is 10.4. The lowest BCUT2D eigenvalue weighted by Crippen LogP contribution is -2.14. The lowest BCUT2D eigenvalue weighted by Gasteiger charge is -2.05. The number of amides is 1. The van der Waals surface area contributed by atoms with E-state index >= 15 is 0 Å². The summed E-state index contributed by atoms with van der Waals surface area (Å²) in [5.74, 6) is -0.583. The van der Waals surface area contributed by atoms with Gasteiger partial charge in [0.05, 0.1) is 12.1 Å². The zero-order valence-corrected chi connectivity index (χ0v) is 10.4. The Morgan fingerprint density at radius 1 is 1.20 bits per heavy atom. The van der Waals surface area contributed by atoms with Crippen LogP contribution in [0, 0.1) is 5.82 Å². The number of nitrogens with one attached hydrogen (secondary N) is 2. The van der Waals surface area contributed by atoms with Crippen molar-refractivity contribution in [2.45, 2.75) is 6.42 Å². The number of carbonyl (C=O) groups excluding carboxylic acids is 1. The monoisotopic (exact) mass is 270 g/mol. The third-order valence-electron chi connectivity index (χ3n) is 2.87. The molecular weight excluding hydrogens is 259 g/mol. The molecule has 0 aliphatic carbocycles. The van der Waals surface area contributed by atoms with Crippen molar-refractivity contribution in [3.63, 3.8) is 0 Å². The van der Waals surface area contributed by atoms with Gasteiger partial charge in [-0.2, -0.15) is 15.4 Å². The number of H-pyrrole nitrogens is 1. The maximum Gasteiger partial charge on any atom is 0.228 e. The molecular formula is C14H11FN4O. The second-order valence-electron chi connectivity index (χ2n) is 4.35. The van der Waals surface area contributed by atoms with E-state index in [1.54, 1.807) is 30.3 Å². The highest BCUT2D eigenvalue weighted by Crippen LogP contribution is 2.19. The maximum absolute atomic E-state index is 13.1. The van der Waals surface area contributed by atoms with Crippen LogP contribution in [0.4, 0.5) is 10.1 Å². The van der Waals surface area contributed by atoms with Crippen LogP contribution in [0.5, 0.6) is 0 Å². The summed E-state index contributed by atoms with van der Waals surface area (Å²) in [6.07, 6.45) is 0.103. The van der Waals surface area contributed by atoms with Crippen molar-refractivity contribution in [3.8, 4) is 0 Å². The van der Waals surface area contributed by atoms with Crippen molar-refractivity contribution in [2.75, 3.05) is 5.32 Å². The van der Waals surface area contributed by atoms with E-state index in [-0.39, 0.29) is 18.1 Å². The van der Waals surface area contributed by atoms with Crippen molar-refractivity contribution in [2.24, 2.45) is 0 Å². The fraction of sp³-hybridized carbons (Fsp3) is 0.0714. The molecule has 3 aromatic rings. The van der Waals surface area contributed by atoms with Crippen LogP contribution in [0.25, 0.3) is 11.0 Å². The fourth-order valence-corrected chi connectivity index (χ4v) is 2.00. The van der Waals surface area contributed by atoms with Gasteiger partial charge in [0, 0.05) is 0 Å². The highest BCUT2D eigenvalue weighted by molar-refractivity contribution is 5.99. The highest BCUT2D eigenvalue weighted by Gasteiger charge is 2.09. The Morgan fingerprint density at radius 2 is 2.05 bits per heavy atom. The molecule has 0 aliphatic heterocycles. The van der Waals surface area contributed by atoms with Crippen LogP contribution in [0.2, 0.25) is 0 Å². The first kappa shape index (κ1) is 12.3. The van der Waals surface area contributed by atoms with Crippen LogP contribution in [0.15, 0.2) is 42.5 Å². The summed E-state index contributed by atoms with van der Waals surface area (Å²) >= 11 is 0. The van der Waals surface area contributed by atoms with Gasteiger partial charge in [0.1, 0.15) is 16.9 Å². The molecule has 1 aromatic heterocycles. The number of anilines is 1. The Hall–Kier alpha value is -2.76. The lowest BCUT2D eigenvalue weighted by atomic mass is 10.1. The number of carbonyl (C=O) groups is 1. The summed E-state index contributed by atoms with van der Waals surface area (Å²) in [5.41, 5.74) is 2.47. The van der Waals surface area contributed by atoms with Crippen molar-refractivity contribution < 1.29 is 9.18 Å². The van der Waals surface area contributed by atoms with E-state index in [1.165, 1.54) is 12.1 Å². The summed E-state index contributed by atoms with van der Waals surface area (Å²) < 4.78 is 13.1. The van der Waals surface area contributed by atoms with Gasteiger partial charge in [-0.3, -0.25) is 4.79 Å². The van der Waals surface area contributed by atoms with Gasteiger partial charge < -0.3 is 5.32 Å². The Labute approximate surface area is 113 Å². The molecule has 0 radical (unpaired) electrons. The smallest absolute Gasteiger partial charge is 0.228 e. The van der Waals surface area contributed by atoms with Gasteiger partial charge in [0.25, 0.3) is 0 Å². The largest absolute Gasteiger partial charge is 0.324 e. The lowest BCUT2D eigenvalue weighted by molar-refractivity contribution is -0.115. The average molecular weight is 270 g/mol. The third kappa shape index (κ3) is 2.49. The normalized spacial score (nSPS) is 10.7. The first-order chi connectivity index (χ1) is 9.72. The van der Waals surface area contributed by atoms with Crippen LogP contribution >= 0.6 is 0 Å². The summed E-state index contributed by atoms with van der Waals surface area (Å²) in [4.78, 5) is 12.0. The van der Waals surface area contributed by atoms with Crippen LogP contribution in [-0.2, 0) is 11.2 Å². The van der Waals surface area contributed by atoms with Crippen LogP contribution in [0.3, 0.4) is 0 Å². The number of nitrogens with zero attached hydrogens (tertiary/aromatic N) is 2. The standard InChI is InChI=1S/C14H11FN4O/c15-10-4-1-3-9(7-10)8-13(20)16-11-5-2-6-12-14(11)18-19-17-12/h1-7H,8H2,(H,16,20)(H,17,18,19). The highest BCUT2D eigenvalue weighted by atomic mass is 19.1. The summed E-state index contributed by atoms with van der Waals surface area (Å²) in [7, 11) is 0. The van der Waals surface area contributed by atoms with Crippen molar-refractivity contribution in [3.05, 3.63) is 53.8 Å². The zero-order chi connectivity index (χ0) is 13.9. The van der Waals surface area contributed by atoms with E-state index in [9.17, 15) is 9.18 Å². The average Bonchev–Trinajstić information content (AvgIpc) is 2.88. The topological polar surface area (TPSA) is 70.7 Å². The van der Waals surface area contributed by atoms with Gasteiger partial charge >= 0.3 is 0 Å². The number of hydrogen-bond acceptors (Lipinski definition) is 3. The number of benzene rings is 2. The quantitative estimate of drug-likeness (QED) is 0.767. The molecule has 0 aliphatic rings. The first-order valence-electron chi connectivity index (χ1n) is 6.06. The molecule has 2 aromatic carbocycles. The van der Waals surface area contributed by atoms with E-state index in [4.69, 9.17) is 0 Å². The first-order valence-corrected chi connectivity index (χ1v) is 6.06. The van der Waals surface area contributed by atoms with Gasteiger partial charge in [-0.05, 0) is 29.8 Å². The van der Waals surface area contributed by atoms with E-state index in [1.807, 2.05) is 0 Å². The predicted molar refractivity (Wildman–Crippen MR) is 72.6 cm³/mol. The second kappa shape index (κ2) is 5.08. The van der Waals surface area contributed by atoms with E-state index in [0.717, 1.165) is 0 Å². The Kier molecular flexibility index (Phi) is 3.12. The third-order valence-corrected chi connectivity index (χ3v) is 2.87. The molecule has 3 rings (SSSR count). The molecule has 1 amide bonds. The molecule has 6 heteroatoms. The minimum Gasteiger partial charge on any atom is -0.324 e. The van der Waals surface area contributed by atoms with Crippen molar-refractivity contribution in [1.82, 2.24) is 15.4 Å². The number of para-hydroxylation sites is 1. The molecule has 0 saturated carbocycles. The molecule has 0 spiro atoms. The molecule has 5 nitrogen and oxygen atoms in total. The summed E-state index contributed by atoms with van der Waals surface area (Å²) in [6, 6.07) is 11.3. The molecule has 20 heavy (non-hydrogen) atoms. The van der Waals surface area contributed by atoms with Crippen LogP contribution < -0.4 is 5.32 Å². The fourth-order valence-electron chi connectivity index (χ4n) is 2.00. The van der Waals surface area contributed by atoms with E-state index in [2.05, 4.69) is 20.7 Å². The molecule has 0 atom stereocenters. The molecule has 2 N–H and O–H groups in total. The second-order valence-corrected chi connectivity index (χ2v) is 4.35. The number of halogens is 1. The Morgan fingerprint density at radius 3 is 2.90 bits per heavy atom. The minimum absolute atomic E-state index is 0.103. The number of aromatic amines is 1. The van der Waals surface area contributed by atoms with Gasteiger partial charge in [0.2, 0.25) is 5.91 Å². The maximum atomic E-state index is 13.1. The van der Waals surface area contributed by atoms with E-state index in [0.29, 0.717) is 22.3 Å². The Bertz CT molecular complexity index is 768. The van der Waals surface area contributed by atoms with Gasteiger partial charge in [-0.1, -0.05) is 18.2 Å². The SMILES string of the molecule is O=C(Cc1cccc(F)c1)Nc1cccc2n[nH]nc12. The number of fused-ring (bicyclic) bond motifs is 1. The molecule has 1 heterocycles. The van der Waals surface area contributed by atoms with Crippen LogP contribution in [0.1, 0.15) is 5.56 Å². The van der Waals surface area contributed by atoms with Crippen LogP contribution in [-0.4, -0.2) is 21.3 Å². The van der Waals surface area contributed by atoms with Crippen molar-refractivity contribution >= 4 is 22.6 Å². The number of hydrogen-bond donors (Lipinski definition) is 2. The molecule has 100 valence electrons. The molecule has 0 fully saturated rings. The molecule has 0 unspecified atom stereocenters. The van der Waals surface area contributed by atoms with Gasteiger partial charge in [-0.15, -0.1) is 0 Å².